The van der Waals surface area contributed by atoms with E-state index in [2.05, 4.69) is 31.0 Å². The van der Waals surface area contributed by atoms with Crippen LogP contribution < -0.4 is 4.72 Å². The highest BCUT2D eigenvalue weighted by Crippen LogP contribution is 2.21. The van der Waals surface area contributed by atoms with Gasteiger partial charge in [-0.15, -0.1) is 5.10 Å². The summed E-state index contributed by atoms with van der Waals surface area (Å²) in [6.07, 6.45) is 0.680. The minimum Gasteiger partial charge on any atom is -0.298 e. The van der Waals surface area contributed by atoms with Crippen LogP contribution in [0.3, 0.4) is 0 Å². The predicted octanol–water partition coefficient (Wildman–Crippen LogP) is 1.19. The van der Waals surface area contributed by atoms with E-state index in [1.165, 1.54) is 31.3 Å². The molecule has 0 atom stereocenters. The summed E-state index contributed by atoms with van der Waals surface area (Å²) < 4.78 is 28.0. The van der Waals surface area contributed by atoms with E-state index in [9.17, 15) is 13.2 Å². The molecule has 0 fully saturated rings. The maximum absolute atomic E-state index is 12.1. The second-order valence-electron chi connectivity index (χ2n) is 3.65. The van der Waals surface area contributed by atoms with Gasteiger partial charge in [-0.1, -0.05) is 5.21 Å². The number of halogens is 1. The van der Waals surface area contributed by atoms with Crippen LogP contribution in [0.25, 0.3) is 0 Å². The summed E-state index contributed by atoms with van der Waals surface area (Å²) in [7, 11) is -2.32. The van der Waals surface area contributed by atoms with Gasteiger partial charge in [0.25, 0.3) is 10.0 Å². The number of carbonyl (C=O) groups excluding carboxylic acids is 1. The second-order valence-corrected chi connectivity index (χ2v) is 6.00. The van der Waals surface area contributed by atoms with Crippen molar-refractivity contribution in [2.75, 3.05) is 4.72 Å². The van der Waals surface area contributed by atoms with Gasteiger partial charge in [0.15, 0.2) is 4.60 Å². The van der Waals surface area contributed by atoms with E-state index in [1.807, 2.05) is 0 Å². The molecule has 0 saturated carbocycles. The maximum atomic E-state index is 12.1. The number of hydrogen-bond acceptors (Lipinski definition) is 5. The Balaban J connectivity index is 2.33. The Morgan fingerprint density at radius 2 is 1.95 bits per heavy atom. The molecule has 0 amide bonds. The van der Waals surface area contributed by atoms with Gasteiger partial charge in [-0.2, -0.15) is 8.42 Å². The van der Waals surface area contributed by atoms with E-state index in [-0.39, 0.29) is 9.63 Å². The first-order valence-electron chi connectivity index (χ1n) is 5.07. The van der Waals surface area contributed by atoms with Gasteiger partial charge in [0, 0.05) is 18.3 Å². The van der Waals surface area contributed by atoms with Crippen molar-refractivity contribution in [3.05, 3.63) is 34.4 Å². The van der Waals surface area contributed by atoms with Crippen molar-refractivity contribution < 1.29 is 13.2 Å². The van der Waals surface area contributed by atoms with Crippen molar-refractivity contribution >= 4 is 37.9 Å². The maximum Gasteiger partial charge on any atom is 0.281 e. The first-order valence-corrected chi connectivity index (χ1v) is 7.35. The fourth-order valence-electron chi connectivity index (χ4n) is 1.44. The van der Waals surface area contributed by atoms with Gasteiger partial charge in [-0.05, 0) is 40.2 Å². The molecule has 0 unspecified atom stereocenters. The van der Waals surface area contributed by atoms with Gasteiger partial charge in [-0.25, -0.2) is 4.68 Å². The Morgan fingerprint density at radius 1 is 1.32 bits per heavy atom. The number of anilines is 1. The highest BCUT2D eigenvalue weighted by molar-refractivity contribution is 9.10. The number of rotatable bonds is 4. The van der Waals surface area contributed by atoms with Crippen LogP contribution in [-0.2, 0) is 17.1 Å². The van der Waals surface area contributed by atoms with Crippen LogP contribution in [0.4, 0.5) is 5.69 Å². The molecule has 1 aromatic carbocycles. The van der Waals surface area contributed by atoms with Crippen molar-refractivity contribution in [2.24, 2.45) is 7.05 Å². The smallest absolute Gasteiger partial charge is 0.281 e. The highest BCUT2D eigenvalue weighted by atomic mass is 79.9. The molecule has 1 heterocycles. The molecule has 100 valence electrons. The number of aryl methyl sites for hydroxylation is 1. The molecule has 0 aliphatic heterocycles. The molecule has 0 aliphatic rings. The number of sulfonamides is 1. The van der Waals surface area contributed by atoms with E-state index < -0.39 is 10.0 Å². The fourth-order valence-corrected chi connectivity index (χ4v) is 3.60. The Hall–Kier alpha value is -1.74. The first kappa shape index (κ1) is 13.7. The van der Waals surface area contributed by atoms with Gasteiger partial charge in [0.1, 0.15) is 6.29 Å². The Morgan fingerprint density at radius 3 is 2.42 bits per heavy atom. The summed E-state index contributed by atoms with van der Waals surface area (Å²) in [5.74, 6) is 0. The molecule has 0 bridgehead atoms. The Labute approximate surface area is 117 Å². The average Bonchev–Trinajstić information content (AvgIpc) is 2.70. The van der Waals surface area contributed by atoms with Crippen LogP contribution in [0.2, 0.25) is 0 Å². The predicted molar refractivity (Wildman–Crippen MR) is 71.3 cm³/mol. The van der Waals surface area contributed by atoms with Gasteiger partial charge in [0.2, 0.25) is 5.03 Å². The summed E-state index contributed by atoms with van der Waals surface area (Å²) >= 11 is 3.03. The van der Waals surface area contributed by atoms with Crippen molar-refractivity contribution in [1.29, 1.82) is 0 Å². The SMILES string of the molecule is Cn1nnc(Br)c1S(=O)(=O)Nc1ccc(C=O)cc1. The lowest BCUT2D eigenvalue weighted by Gasteiger charge is -2.07. The third-order valence-corrected chi connectivity index (χ3v) is 4.56. The molecule has 9 heteroatoms. The van der Waals surface area contributed by atoms with E-state index >= 15 is 0 Å². The van der Waals surface area contributed by atoms with E-state index in [4.69, 9.17) is 0 Å². The van der Waals surface area contributed by atoms with Crippen LogP contribution in [-0.4, -0.2) is 29.7 Å². The quantitative estimate of drug-likeness (QED) is 0.840. The first-order chi connectivity index (χ1) is 8.94. The number of aromatic nitrogens is 3. The number of benzene rings is 1. The lowest BCUT2D eigenvalue weighted by Crippen LogP contribution is -2.17. The molecule has 0 aliphatic carbocycles. The zero-order valence-corrected chi connectivity index (χ0v) is 12.1. The number of nitrogens with zero attached hydrogens (tertiary/aromatic N) is 3. The Kier molecular flexibility index (Phi) is 3.67. The third-order valence-electron chi connectivity index (χ3n) is 2.29. The summed E-state index contributed by atoms with van der Waals surface area (Å²) in [4.78, 5) is 10.5. The van der Waals surface area contributed by atoms with Crippen LogP contribution in [0, 0.1) is 0 Å². The lowest BCUT2D eigenvalue weighted by molar-refractivity contribution is 0.112. The number of hydrogen-bond donors (Lipinski definition) is 1. The summed E-state index contributed by atoms with van der Waals surface area (Å²) in [5, 5.41) is 7.14. The molecule has 1 aromatic heterocycles. The second kappa shape index (κ2) is 5.10. The standard InChI is InChI=1S/C10H9BrN4O3S/c1-15-10(9(11)12-14-15)19(17,18)13-8-4-2-7(6-16)3-5-8/h2-6,13H,1H3. The zero-order valence-electron chi connectivity index (χ0n) is 9.74. The van der Waals surface area contributed by atoms with Gasteiger partial charge >= 0.3 is 0 Å². The van der Waals surface area contributed by atoms with E-state index in [1.54, 1.807) is 0 Å². The number of nitrogens with one attached hydrogen (secondary N) is 1. The summed E-state index contributed by atoms with van der Waals surface area (Å²) in [6.45, 7) is 0. The van der Waals surface area contributed by atoms with Gasteiger partial charge in [-0.3, -0.25) is 9.52 Å². The monoisotopic (exact) mass is 344 g/mol. The van der Waals surface area contributed by atoms with Crippen molar-refractivity contribution in [3.8, 4) is 0 Å². The Bertz CT molecular complexity index is 689. The molecule has 19 heavy (non-hydrogen) atoms. The largest absolute Gasteiger partial charge is 0.298 e. The average molecular weight is 345 g/mol. The fraction of sp³-hybridized carbons (Fsp3) is 0.100. The van der Waals surface area contributed by atoms with E-state index in [0.717, 1.165) is 4.68 Å². The molecule has 2 aromatic rings. The molecule has 0 saturated heterocycles. The molecule has 0 spiro atoms. The molecule has 0 radical (unpaired) electrons. The number of carbonyl (C=O) groups is 1. The third kappa shape index (κ3) is 2.82. The van der Waals surface area contributed by atoms with Crippen LogP contribution in [0.1, 0.15) is 10.4 Å². The molecule has 1 N–H and O–H groups in total. The highest BCUT2D eigenvalue weighted by Gasteiger charge is 2.23. The number of aldehydes is 1. The minimum atomic E-state index is -3.80. The van der Waals surface area contributed by atoms with Crippen LogP contribution in [0.5, 0.6) is 0 Å². The van der Waals surface area contributed by atoms with E-state index in [0.29, 0.717) is 17.5 Å². The normalized spacial score (nSPS) is 11.3. The molecule has 7 nitrogen and oxygen atoms in total. The van der Waals surface area contributed by atoms with Crippen LogP contribution in [0.15, 0.2) is 33.9 Å². The summed E-state index contributed by atoms with van der Waals surface area (Å²) in [6, 6.07) is 6.03. The van der Waals surface area contributed by atoms with Gasteiger partial charge in [0.05, 0.1) is 0 Å². The summed E-state index contributed by atoms with van der Waals surface area (Å²) in [5.41, 5.74) is 0.810. The molecule has 2 rings (SSSR count). The van der Waals surface area contributed by atoms with Crippen LogP contribution >= 0.6 is 15.9 Å². The topological polar surface area (TPSA) is 93.9 Å². The minimum absolute atomic E-state index is 0.0769. The lowest BCUT2D eigenvalue weighted by atomic mass is 10.2. The zero-order chi connectivity index (χ0) is 14.0. The van der Waals surface area contributed by atoms with Crippen molar-refractivity contribution in [2.45, 2.75) is 5.03 Å². The molecular formula is C10H9BrN4O3S. The molecular weight excluding hydrogens is 336 g/mol. The van der Waals surface area contributed by atoms with Gasteiger partial charge < -0.3 is 0 Å². The van der Waals surface area contributed by atoms with Crippen molar-refractivity contribution in [3.63, 3.8) is 0 Å². The van der Waals surface area contributed by atoms with Crippen molar-refractivity contribution in [1.82, 2.24) is 15.0 Å².